The lowest BCUT2D eigenvalue weighted by molar-refractivity contribution is 0.284. The highest BCUT2D eigenvalue weighted by Crippen LogP contribution is 2.46. The number of pyridine rings is 1. The fourth-order valence-electron chi connectivity index (χ4n) is 2.90. The lowest BCUT2D eigenvalue weighted by atomic mass is 10.2. The van der Waals surface area contributed by atoms with E-state index in [1.165, 1.54) is 0 Å². The third kappa shape index (κ3) is 4.48. The highest BCUT2D eigenvalue weighted by molar-refractivity contribution is 7.11. The van der Waals surface area contributed by atoms with Crippen LogP contribution >= 0.6 is 11.3 Å². The van der Waals surface area contributed by atoms with Gasteiger partial charge in [-0.1, -0.05) is 11.3 Å². The minimum atomic E-state index is 0.437. The number of hydrogen-bond donors (Lipinski definition) is 2. The Morgan fingerprint density at radius 3 is 2.89 bits per heavy atom. The van der Waals surface area contributed by atoms with Gasteiger partial charge in [0, 0.05) is 23.6 Å². The molecule has 1 fully saturated rings. The number of rotatable bonds is 7. The molecule has 0 bridgehead atoms. The van der Waals surface area contributed by atoms with Gasteiger partial charge in [-0.2, -0.15) is 4.98 Å². The van der Waals surface area contributed by atoms with Crippen LogP contribution in [-0.2, 0) is 6.54 Å². The summed E-state index contributed by atoms with van der Waals surface area (Å²) in [6.07, 6.45) is 2.78. The summed E-state index contributed by atoms with van der Waals surface area (Å²) in [6, 6.07) is 5.70. The van der Waals surface area contributed by atoms with E-state index in [9.17, 15) is 0 Å². The number of nitrogens with two attached hydrogens (primary N) is 1. The van der Waals surface area contributed by atoms with Crippen LogP contribution in [-0.4, -0.2) is 31.8 Å². The molecule has 0 aromatic carbocycles. The molecule has 1 aliphatic carbocycles. The molecule has 1 saturated carbocycles. The maximum absolute atomic E-state index is 5.91. The molecule has 3 aromatic heterocycles. The number of anilines is 2. The molecule has 0 aliphatic heterocycles. The highest BCUT2D eigenvalue weighted by Gasteiger charge is 2.40. The van der Waals surface area contributed by atoms with Crippen molar-refractivity contribution in [1.82, 2.24) is 25.1 Å². The molecule has 8 nitrogen and oxygen atoms in total. The Morgan fingerprint density at radius 2 is 2.15 bits per heavy atom. The van der Waals surface area contributed by atoms with Crippen molar-refractivity contribution in [3.05, 3.63) is 45.9 Å². The van der Waals surface area contributed by atoms with E-state index in [0.29, 0.717) is 42.4 Å². The first-order valence-electron chi connectivity index (χ1n) is 8.79. The zero-order valence-corrected chi connectivity index (χ0v) is 16.0. The average Bonchev–Trinajstić information content (AvgIpc) is 3.30. The molecule has 0 amide bonds. The van der Waals surface area contributed by atoms with Crippen LogP contribution in [0.4, 0.5) is 11.5 Å². The number of hydrogen-bond acceptors (Lipinski definition) is 9. The van der Waals surface area contributed by atoms with E-state index in [0.717, 1.165) is 27.9 Å². The van der Waals surface area contributed by atoms with Gasteiger partial charge in [0.2, 0.25) is 5.88 Å². The van der Waals surface area contributed by atoms with Crippen LogP contribution in [0.25, 0.3) is 0 Å². The molecule has 3 heterocycles. The molecule has 140 valence electrons. The Kier molecular flexibility index (Phi) is 4.85. The third-order valence-electron chi connectivity index (χ3n) is 4.36. The minimum Gasteiger partial charge on any atom is -0.477 e. The SMILES string of the molecule is Cc1nc(NCc2nnc(C)s2)cc(OC[C@H]2C[C@@H]2c2ccc(N)cn2)n1. The second-order valence-electron chi connectivity index (χ2n) is 6.64. The molecule has 0 saturated heterocycles. The Balaban J connectivity index is 1.32. The van der Waals surface area contributed by atoms with Crippen LogP contribution in [0.2, 0.25) is 0 Å². The van der Waals surface area contributed by atoms with Gasteiger partial charge in [0.1, 0.15) is 21.7 Å². The molecule has 0 unspecified atom stereocenters. The van der Waals surface area contributed by atoms with Gasteiger partial charge in [0.15, 0.2) is 0 Å². The summed E-state index contributed by atoms with van der Waals surface area (Å²) in [5.41, 5.74) is 7.46. The Morgan fingerprint density at radius 1 is 1.26 bits per heavy atom. The predicted octanol–water partition coefficient (Wildman–Crippen LogP) is 2.72. The molecule has 3 aromatic rings. The van der Waals surface area contributed by atoms with Crippen LogP contribution in [0.1, 0.15) is 33.9 Å². The lowest BCUT2D eigenvalue weighted by Gasteiger charge is -2.09. The quantitative estimate of drug-likeness (QED) is 0.640. The van der Waals surface area contributed by atoms with E-state index in [1.54, 1.807) is 17.5 Å². The van der Waals surface area contributed by atoms with Gasteiger partial charge in [-0.3, -0.25) is 4.98 Å². The van der Waals surface area contributed by atoms with Crippen molar-refractivity contribution in [2.75, 3.05) is 17.7 Å². The first-order valence-corrected chi connectivity index (χ1v) is 9.61. The first-order chi connectivity index (χ1) is 13.1. The van der Waals surface area contributed by atoms with Gasteiger partial charge >= 0.3 is 0 Å². The molecule has 0 radical (unpaired) electrons. The number of ether oxygens (including phenoxy) is 1. The molecular weight excluding hydrogens is 362 g/mol. The summed E-state index contributed by atoms with van der Waals surface area (Å²) >= 11 is 1.56. The molecule has 27 heavy (non-hydrogen) atoms. The molecule has 0 spiro atoms. The van der Waals surface area contributed by atoms with Gasteiger partial charge in [0.05, 0.1) is 25.0 Å². The van der Waals surface area contributed by atoms with Crippen LogP contribution < -0.4 is 15.8 Å². The molecule has 4 rings (SSSR count). The van der Waals surface area contributed by atoms with E-state index in [2.05, 4.69) is 30.5 Å². The smallest absolute Gasteiger partial charge is 0.218 e. The number of nitrogens with one attached hydrogen (secondary N) is 1. The maximum atomic E-state index is 5.91. The predicted molar refractivity (Wildman–Crippen MR) is 104 cm³/mol. The molecule has 1 aliphatic rings. The highest BCUT2D eigenvalue weighted by atomic mass is 32.1. The van der Waals surface area contributed by atoms with Gasteiger partial charge in [-0.15, -0.1) is 10.2 Å². The van der Waals surface area contributed by atoms with Crippen molar-refractivity contribution in [2.45, 2.75) is 32.7 Å². The number of aromatic nitrogens is 5. The molecule has 9 heteroatoms. The number of aryl methyl sites for hydroxylation is 2. The fourth-order valence-corrected chi connectivity index (χ4v) is 3.55. The van der Waals surface area contributed by atoms with E-state index < -0.39 is 0 Å². The Hall–Kier alpha value is -2.81. The van der Waals surface area contributed by atoms with Gasteiger partial charge in [-0.25, -0.2) is 4.98 Å². The normalized spacial score (nSPS) is 18.3. The van der Waals surface area contributed by atoms with Gasteiger partial charge in [-0.05, 0) is 32.4 Å². The fraction of sp³-hybridized carbons (Fsp3) is 0.389. The van der Waals surface area contributed by atoms with Crippen LogP contribution in [0.15, 0.2) is 24.4 Å². The third-order valence-corrected chi connectivity index (χ3v) is 5.20. The molecular formula is C18H21N7OS. The van der Waals surface area contributed by atoms with Crippen molar-refractivity contribution < 1.29 is 4.74 Å². The first kappa shape index (κ1) is 17.6. The lowest BCUT2D eigenvalue weighted by Crippen LogP contribution is -2.07. The van der Waals surface area contributed by atoms with Crippen LogP contribution in [0.3, 0.4) is 0 Å². The van der Waals surface area contributed by atoms with E-state index in [4.69, 9.17) is 10.5 Å². The average molecular weight is 383 g/mol. The maximum Gasteiger partial charge on any atom is 0.218 e. The van der Waals surface area contributed by atoms with Crippen molar-refractivity contribution in [3.63, 3.8) is 0 Å². The van der Waals surface area contributed by atoms with Gasteiger partial charge in [0.25, 0.3) is 0 Å². The molecule has 2 atom stereocenters. The zero-order chi connectivity index (χ0) is 18.8. The second kappa shape index (κ2) is 7.43. The van der Waals surface area contributed by atoms with Crippen molar-refractivity contribution in [1.29, 1.82) is 0 Å². The van der Waals surface area contributed by atoms with Crippen LogP contribution in [0.5, 0.6) is 5.88 Å². The van der Waals surface area contributed by atoms with Crippen LogP contribution in [0, 0.1) is 19.8 Å². The number of nitrogens with zero attached hydrogens (tertiary/aromatic N) is 5. The largest absolute Gasteiger partial charge is 0.477 e. The molecule has 3 N–H and O–H groups in total. The standard InChI is InChI=1S/C18H21N7OS/c1-10-22-16(21-8-18-25-24-11(2)27-18)6-17(23-10)26-9-12-5-14(12)15-4-3-13(19)7-20-15/h3-4,6-7,12,14H,5,8-9,19H2,1-2H3,(H,21,22,23)/t12-,14+/m1/s1. The summed E-state index contributed by atoms with van der Waals surface area (Å²) in [7, 11) is 0. The summed E-state index contributed by atoms with van der Waals surface area (Å²) < 4.78 is 5.91. The second-order valence-corrected chi connectivity index (χ2v) is 7.90. The van der Waals surface area contributed by atoms with E-state index in [-0.39, 0.29) is 0 Å². The zero-order valence-electron chi connectivity index (χ0n) is 15.2. The summed E-state index contributed by atoms with van der Waals surface area (Å²) in [5.74, 6) is 2.85. The van der Waals surface area contributed by atoms with E-state index >= 15 is 0 Å². The summed E-state index contributed by atoms with van der Waals surface area (Å²) in [4.78, 5) is 13.2. The summed E-state index contributed by atoms with van der Waals surface area (Å²) in [6.45, 7) is 4.98. The monoisotopic (exact) mass is 383 g/mol. The Labute approximate surface area is 161 Å². The Bertz CT molecular complexity index is 928. The van der Waals surface area contributed by atoms with Crippen molar-refractivity contribution in [3.8, 4) is 5.88 Å². The summed E-state index contributed by atoms with van der Waals surface area (Å²) in [5, 5.41) is 13.2. The van der Waals surface area contributed by atoms with Crippen molar-refractivity contribution in [2.24, 2.45) is 5.92 Å². The topological polar surface area (TPSA) is 112 Å². The van der Waals surface area contributed by atoms with E-state index in [1.807, 2.05) is 32.0 Å². The number of nitrogen functional groups attached to an aromatic ring is 1. The minimum absolute atomic E-state index is 0.437. The van der Waals surface area contributed by atoms with Gasteiger partial charge < -0.3 is 15.8 Å². The van der Waals surface area contributed by atoms with Crippen molar-refractivity contribution >= 4 is 22.8 Å².